The van der Waals surface area contributed by atoms with Crippen molar-refractivity contribution in [1.82, 2.24) is 10.3 Å². The number of pyridine rings is 1. The van der Waals surface area contributed by atoms with Crippen LogP contribution in [-0.4, -0.2) is 30.2 Å². The summed E-state index contributed by atoms with van der Waals surface area (Å²) in [5, 5.41) is 4.80. The Morgan fingerprint density at radius 3 is 2.89 bits per heavy atom. The standard InChI is InChI=1S/C16H21N3/c1-11-8-16(14-6-4-5-7-15(14)18-11)19-10-12(2)17-9-13(19)3/h4-8,12-13,17H,9-10H2,1-3H3. The van der Waals surface area contributed by atoms with Crippen LogP contribution in [0.3, 0.4) is 0 Å². The van der Waals surface area contributed by atoms with Crippen molar-refractivity contribution in [2.45, 2.75) is 32.9 Å². The molecule has 3 heteroatoms. The summed E-state index contributed by atoms with van der Waals surface area (Å²) >= 11 is 0. The van der Waals surface area contributed by atoms with Gasteiger partial charge in [-0.3, -0.25) is 4.98 Å². The summed E-state index contributed by atoms with van der Waals surface area (Å²) in [5.41, 5.74) is 3.51. The molecule has 0 bridgehead atoms. The molecule has 3 rings (SSSR count). The summed E-state index contributed by atoms with van der Waals surface area (Å²) in [6.07, 6.45) is 0. The molecule has 19 heavy (non-hydrogen) atoms. The van der Waals surface area contributed by atoms with Crippen LogP contribution in [-0.2, 0) is 0 Å². The van der Waals surface area contributed by atoms with E-state index < -0.39 is 0 Å². The second kappa shape index (κ2) is 4.82. The fourth-order valence-electron chi connectivity index (χ4n) is 2.88. The minimum atomic E-state index is 0.515. The van der Waals surface area contributed by atoms with Gasteiger partial charge in [0.2, 0.25) is 0 Å². The molecular formula is C16H21N3. The summed E-state index contributed by atoms with van der Waals surface area (Å²) in [4.78, 5) is 7.14. The molecule has 0 saturated carbocycles. The Morgan fingerprint density at radius 1 is 1.26 bits per heavy atom. The highest BCUT2D eigenvalue weighted by Crippen LogP contribution is 2.29. The Hall–Kier alpha value is -1.61. The highest BCUT2D eigenvalue weighted by atomic mass is 15.2. The third-order valence-electron chi connectivity index (χ3n) is 3.90. The van der Waals surface area contributed by atoms with Gasteiger partial charge in [-0.25, -0.2) is 0 Å². The molecule has 1 aliphatic heterocycles. The predicted octanol–water partition coefficient (Wildman–Crippen LogP) is 2.73. The molecule has 1 N–H and O–H groups in total. The van der Waals surface area contributed by atoms with Crippen LogP contribution in [0.2, 0.25) is 0 Å². The minimum absolute atomic E-state index is 0.515. The lowest BCUT2D eigenvalue weighted by atomic mass is 10.1. The van der Waals surface area contributed by atoms with Gasteiger partial charge in [0.05, 0.1) is 5.52 Å². The Morgan fingerprint density at radius 2 is 2.05 bits per heavy atom. The summed E-state index contributed by atoms with van der Waals surface area (Å²) in [7, 11) is 0. The Kier molecular flexibility index (Phi) is 3.15. The molecule has 0 spiro atoms. The number of aromatic nitrogens is 1. The van der Waals surface area contributed by atoms with Crippen molar-refractivity contribution in [2.24, 2.45) is 0 Å². The fourth-order valence-corrected chi connectivity index (χ4v) is 2.88. The van der Waals surface area contributed by atoms with Crippen molar-refractivity contribution in [3.8, 4) is 0 Å². The zero-order valence-electron chi connectivity index (χ0n) is 11.9. The molecule has 3 nitrogen and oxygen atoms in total. The van der Waals surface area contributed by atoms with E-state index in [-0.39, 0.29) is 0 Å². The molecule has 0 radical (unpaired) electrons. The van der Waals surface area contributed by atoms with Crippen LogP contribution in [0, 0.1) is 6.92 Å². The average Bonchev–Trinajstić information content (AvgIpc) is 2.40. The van der Waals surface area contributed by atoms with E-state index in [4.69, 9.17) is 0 Å². The molecule has 1 aliphatic rings. The fraction of sp³-hybridized carbons (Fsp3) is 0.438. The number of fused-ring (bicyclic) bond motifs is 1. The summed E-state index contributed by atoms with van der Waals surface area (Å²) in [6.45, 7) is 8.69. The zero-order chi connectivity index (χ0) is 13.4. The first kappa shape index (κ1) is 12.4. The quantitative estimate of drug-likeness (QED) is 0.849. The summed E-state index contributed by atoms with van der Waals surface area (Å²) < 4.78 is 0. The highest BCUT2D eigenvalue weighted by Gasteiger charge is 2.24. The van der Waals surface area contributed by atoms with Crippen molar-refractivity contribution < 1.29 is 0 Å². The van der Waals surface area contributed by atoms with E-state index in [1.165, 1.54) is 11.1 Å². The molecule has 2 heterocycles. The normalized spacial score (nSPS) is 23.8. The average molecular weight is 255 g/mol. The number of piperazine rings is 1. The Balaban J connectivity index is 2.13. The number of hydrogen-bond acceptors (Lipinski definition) is 3. The largest absolute Gasteiger partial charge is 0.365 e. The molecule has 1 fully saturated rings. The van der Waals surface area contributed by atoms with Crippen molar-refractivity contribution >= 4 is 16.6 Å². The van der Waals surface area contributed by atoms with Crippen molar-refractivity contribution in [3.05, 3.63) is 36.0 Å². The van der Waals surface area contributed by atoms with E-state index in [0.717, 1.165) is 24.3 Å². The van der Waals surface area contributed by atoms with Crippen LogP contribution in [0.5, 0.6) is 0 Å². The Bertz CT molecular complexity index is 594. The van der Waals surface area contributed by atoms with E-state index in [2.05, 4.69) is 66.3 Å². The van der Waals surface area contributed by atoms with Crippen LogP contribution in [0.25, 0.3) is 10.9 Å². The molecule has 1 aromatic carbocycles. The number of anilines is 1. The lowest BCUT2D eigenvalue weighted by Gasteiger charge is -2.39. The van der Waals surface area contributed by atoms with Crippen LogP contribution in [0.4, 0.5) is 5.69 Å². The molecule has 1 saturated heterocycles. The van der Waals surface area contributed by atoms with Crippen LogP contribution >= 0.6 is 0 Å². The molecular weight excluding hydrogens is 234 g/mol. The second-order valence-corrected chi connectivity index (χ2v) is 5.61. The van der Waals surface area contributed by atoms with Gasteiger partial charge in [0.25, 0.3) is 0 Å². The number of nitrogens with zero attached hydrogens (tertiary/aromatic N) is 2. The second-order valence-electron chi connectivity index (χ2n) is 5.61. The summed E-state index contributed by atoms with van der Waals surface area (Å²) in [6, 6.07) is 11.7. The van der Waals surface area contributed by atoms with Gasteiger partial charge in [-0.05, 0) is 32.9 Å². The van der Waals surface area contributed by atoms with Gasteiger partial charge in [0.1, 0.15) is 0 Å². The van der Waals surface area contributed by atoms with E-state index in [1.54, 1.807) is 0 Å². The lowest BCUT2D eigenvalue weighted by molar-refractivity contribution is 0.426. The number of aryl methyl sites for hydroxylation is 1. The number of benzene rings is 1. The van der Waals surface area contributed by atoms with E-state index in [1.807, 2.05) is 0 Å². The van der Waals surface area contributed by atoms with Gasteiger partial charge < -0.3 is 10.2 Å². The third kappa shape index (κ3) is 2.30. The van der Waals surface area contributed by atoms with Crippen molar-refractivity contribution in [3.63, 3.8) is 0 Å². The maximum atomic E-state index is 4.63. The highest BCUT2D eigenvalue weighted by molar-refractivity contribution is 5.92. The van der Waals surface area contributed by atoms with Crippen LogP contribution < -0.4 is 10.2 Å². The zero-order valence-corrected chi connectivity index (χ0v) is 11.9. The van der Waals surface area contributed by atoms with Gasteiger partial charge in [-0.2, -0.15) is 0 Å². The smallest absolute Gasteiger partial charge is 0.0726 e. The van der Waals surface area contributed by atoms with Crippen molar-refractivity contribution in [1.29, 1.82) is 0 Å². The summed E-state index contributed by atoms with van der Waals surface area (Å²) in [5.74, 6) is 0. The van der Waals surface area contributed by atoms with Gasteiger partial charge in [-0.1, -0.05) is 18.2 Å². The number of hydrogen-bond donors (Lipinski definition) is 1. The molecule has 0 aliphatic carbocycles. The topological polar surface area (TPSA) is 28.2 Å². The monoisotopic (exact) mass is 255 g/mol. The predicted molar refractivity (Wildman–Crippen MR) is 80.8 cm³/mol. The maximum Gasteiger partial charge on any atom is 0.0726 e. The molecule has 2 unspecified atom stereocenters. The third-order valence-corrected chi connectivity index (χ3v) is 3.90. The lowest BCUT2D eigenvalue weighted by Crippen LogP contribution is -2.54. The van der Waals surface area contributed by atoms with E-state index >= 15 is 0 Å². The number of nitrogens with one attached hydrogen (secondary N) is 1. The molecule has 1 aromatic heterocycles. The van der Waals surface area contributed by atoms with Gasteiger partial charge in [0, 0.05) is 41.9 Å². The van der Waals surface area contributed by atoms with Gasteiger partial charge >= 0.3 is 0 Å². The molecule has 100 valence electrons. The first-order chi connectivity index (χ1) is 9.15. The minimum Gasteiger partial charge on any atom is -0.365 e. The van der Waals surface area contributed by atoms with Gasteiger partial charge in [-0.15, -0.1) is 0 Å². The van der Waals surface area contributed by atoms with Crippen LogP contribution in [0.1, 0.15) is 19.5 Å². The van der Waals surface area contributed by atoms with Gasteiger partial charge in [0.15, 0.2) is 0 Å². The van der Waals surface area contributed by atoms with Crippen molar-refractivity contribution in [2.75, 3.05) is 18.0 Å². The molecule has 2 atom stereocenters. The Labute approximate surface area is 114 Å². The number of para-hydroxylation sites is 1. The molecule has 0 amide bonds. The maximum absolute atomic E-state index is 4.63. The van der Waals surface area contributed by atoms with E-state index in [0.29, 0.717) is 12.1 Å². The first-order valence-corrected chi connectivity index (χ1v) is 7.01. The SMILES string of the molecule is Cc1cc(N2CC(C)NCC2C)c2ccccc2n1. The van der Waals surface area contributed by atoms with E-state index in [9.17, 15) is 0 Å². The first-order valence-electron chi connectivity index (χ1n) is 7.01. The molecule has 2 aromatic rings. The van der Waals surface area contributed by atoms with Crippen LogP contribution in [0.15, 0.2) is 30.3 Å². The number of rotatable bonds is 1.